The minimum atomic E-state index is 0.741. The van der Waals surface area contributed by atoms with Crippen molar-refractivity contribution >= 4 is 28.2 Å². The Morgan fingerprint density at radius 2 is 2.04 bits per heavy atom. The van der Waals surface area contributed by atoms with Crippen LogP contribution in [0.1, 0.15) is 28.9 Å². The average molecular weight is 370 g/mol. The summed E-state index contributed by atoms with van der Waals surface area (Å²) < 4.78 is 0. The molecule has 0 saturated carbocycles. The van der Waals surface area contributed by atoms with E-state index in [4.69, 9.17) is 0 Å². The van der Waals surface area contributed by atoms with Crippen molar-refractivity contribution in [1.29, 1.82) is 0 Å². The molecular weight excluding hydrogens is 342 g/mol. The maximum atomic E-state index is 4.67. The van der Waals surface area contributed by atoms with Crippen LogP contribution in [0.3, 0.4) is 0 Å². The molecule has 2 heterocycles. The van der Waals surface area contributed by atoms with Gasteiger partial charge in [0.2, 0.25) is 0 Å². The number of benzene rings is 1. The van der Waals surface area contributed by atoms with Crippen molar-refractivity contribution in [3.63, 3.8) is 0 Å². The molecule has 1 aromatic carbocycles. The summed E-state index contributed by atoms with van der Waals surface area (Å²) in [6.07, 6.45) is 1.84. The zero-order chi connectivity index (χ0) is 18.4. The monoisotopic (exact) mass is 369 g/mol. The van der Waals surface area contributed by atoms with Crippen molar-refractivity contribution in [2.75, 3.05) is 19.6 Å². The molecule has 0 aliphatic heterocycles. The lowest BCUT2D eigenvalue weighted by atomic mass is 10.1. The molecule has 0 atom stereocenters. The highest BCUT2D eigenvalue weighted by Gasteiger charge is 2.08. The van der Waals surface area contributed by atoms with Gasteiger partial charge in [-0.25, -0.2) is 4.98 Å². The molecule has 138 valence electrons. The molecule has 0 amide bonds. The van der Waals surface area contributed by atoms with Gasteiger partial charge in [-0.1, -0.05) is 18.2 Å². The van der Waals surface area contributed by atoms with Gasteiger partial charge in [0.25, 0.3) is 0 Å². The molecule has 0 saturated heterocycles. The third-order valence-corrected chi connectivity index (χ3v) is 5.17. The Kier molecular flexibility index (Phi) is 6.28. The number of thiazole rings is 1. The van der Waals surface area contributed by atoms with Crippen LogP contribution in [0.25, 0.3) is 10.9 Å². The number of nitrogens with one attached hydrogen (secondary N) is 3. The van der Waals surface area contributed by atoms with Crippen LogP contribution in [0.5, 0.6) is 0 Å². The van der Waals surface area contributed by atoms with Gasteiger partial charge >= 0.3 is 0 Å². The minimum Gasteiger partial charge on any atom is -0.358 e. The number of nitrogens with zero attached hydrogens (tertiary/aromatic N) is 2. The summed E-state index contributed by atoms with van der Waals surface area (Å²) >= 11 is 1.69. The molecule has 2 aromatic heterocycles. The first-order chi connectivity index (χ1) is 12.7. The number of aryl methyl sites for hydroxylation is 2. The van der Waals surface area contributed by atoms with Gasteiger partial charge in [0.1, 0.15) is 0 Å². The number of hydrogen-bond acceptors (Lipinski definition) is 3. The van der Waals surface area contributed by atoms with Crippen LogP contribution in [-0.2, 0) is 12.8 Å². The second-order valence-corrected chi connectivity index (χ2v) is 7.38. The van der Waals surface area contributed by atoms with Crippen molar-refractivity contribution in [3.8, 4) is 0 Å². The molecule has 26 heavy (non-hydrogen) atoms. The van der Waals surface area contributed by atoms with E-state index in [2.05, 4.69) is 69.1 Å². The molecule has 3 rings (SSSR count). The minimum absolute atomic E-state index is 0.741. The quantitative estimate of drug-likeness (QED) is 0.440. The number of rotatable bonds is 7. The molecule has 0 aliphatic rings. The summed E-state index contributed by atoms with van der Waals surface area (Å²) in [5, 5.41) is 11.3. The van der Waals surface area contributed by atoms with Gasteiger partial charge in [0, 0.05) is 48.0 Å². The fraction of sp³-hybridized carbons (Fsp3) is 0.400. The highest BCUT2D eigenvalue weighted by molar-refractivity contribution is 7.09. The summed E-state index contributed by atoms with van der Waals surface area (Å²) in [6.45, 7) is 8.72. The molecular formula is C20H27N5S. The van der Waals surface area contributed by atoms with E-state index in [1.54, 1.807) is 11.3 Å². The molecule has 3 aromatic rings. The van der Waals surface area contributed by atoms with E-state index in [1.807, 2.05) is 6.92 Å². The fourth-order valence-corrected chi connectivity index (χ4v) is 3.76. The van der Waals surface area contributed by atoms with Crippen molar-refractivity contribution in [2.45, 2.75) is 33.6 Å². The van der Waals surface area contributed by atoms with Gasteiger partial charge in [-0.3, -0.25) is 4.99 Å². The number of H-pyrrole nitrogens is 1. The van der Waals surface area contributed by atoms with E-state index in [1.165, 1.54) is 22.2 Å². The lowest BCUT2D eigenvalue weighted by molar-refractivity contribution is 0.794. The normalized spacial score (nSPS) is 11.9. The highest BCUT2D eigenvalue weighted by atomic mass is 32.1. The lowest BCUT2D eigenvalue weighted by Crippen LogP contribution is -2.38. The standard InChI is InChI=1S/C20H27N5S/c1-4-21-20(22-11-9-16-13-26-15(3)25-16)23-12-10-17-14(2)24-19-8-6-5-7-18(17)19/h5-8,13,24H,4,9-12H2,1-3H3,(H2,21,22,23). The number of para-hydroxylation sites is 1. The summed E-state index contributed by atoms with van der Waals surface area (Å²) in [5.41, 5.74) is 4.95. The zero-order valence-electron chi connectivity index (χ0n) is 15.7. The van der Waals surface area contributed by atoms with E-state index in [9.17, 15) is 0 Å². The molecule has 5 nitrogen and oxygen atoms in total. The van der Waals surface area contributed by atoms with Crippen LogP contribution in [0, 0.1) is 13.8 Å². The van der Waals surface area contributed by atoms with Gasteiger partial charge in [0.15, 0.2) is 5.96 Å². The molecule has 0 fully saturated rings. The number of aromatic nitrogens is 2. The Labute approximate surface area is 159 Å². The smallest absolute Gasteiger partial charge is 0.191 e. The molecule has 0 bridgehead atoms. The van der Waals surface area contributed by atoms with Crippen molar-refractivity contribution in [1.82, 2.24) is 20.6 Å². The summed E-state index contributed by atoms with van der Waals surface area (Å²) in [4.78, 5) is 12.6. The van der Waals surface area contributed by atoms with Crippen LogP contribution in [0.4, 0.5) is 0 Å². The topological polar surface area (TPSA) is 65.1 Å². The van der Waals surface area contributed by atoms with Gasteiger partial charge in [-0.05, 0) is 38.8 Å². The van der Waals surface area contributed by atoms with Crippen molar-refractivity contribution < 1.29 is 0 Å². The Hall–Kier alpha value is -2.34. The molecule has 3 N–H and O–H groups in total. The molecule has 0 aliphatic carbocycles. The van der Waals surface area contributed by atoms with Crippen LogP contribution >= 0.6 is 11.3 Å². The maximum Gasteiger partial charge on any atom is 0.191 e. The Morgan fingerprint density at radius 1 is 1.19 bits per heavy atom. The number of hydrogen-bond donors (Lipinski definition) is 3. The van der Waals surface area contributed by atoms with E-state index >= 15 is 0 Å². The van der Waals surface area contributed by atoms with E-state index < -0.39 is 0 Å². The first kappa shape index (κ1) is 18.5. The first-order valence-electron chi connectivity index (χ1n) is 9.16. The summed E-state index contributed by atoms with van der Waals surface area (Å²) in [6, 6.07) is 8.48. The predicted molar refractivity (Wildman–Crippen MR) is 111 cm³/mol. The fourth-order valence-electron chi connectivity index (χ4n) is 3.11. The summed E-state index contributed by atoms with van der Waals surface area (Å²) in [5.74, 6) is 0.872. The van der Waals surface area contributed by atoms with Gasteiger partial charge in [-0.15, -0.1) is 11.3 Å². The largest absolute Gasteiger partial charge is 0.358 e. The Bertz CT molecular complexity index is 877. The van der Waals surface area contributed by atoms with E-state index in [0.29, 0.717) is 0 Å². The Morgan fingerprint density at radius 3 is 2.81 bits per heavy atom. The summed E-state index contributed by atoms with van der Waals surface area (Å²) in [7, 11) is 0. The van der Waals surface area contributed by atoms with Gasteiger partial charge in [0.05, 0.1) is 10.7 Å². The van der Waals surface area contributed by atoms with Crippen LogP contribution in [-0.4, -0.2) is 35.6 Å². The van der Waals surface area contributed by atoms with Crippen LogP contribution < -0.4 is 10.6 Å². The molecule has 0 spiro atoms. The van der Waals surface area contributed by atoms with Gasteiger partial charge < -0.3 is 15.6 Å². The van der Waals surface area contributed by atoms with E-state index in [-0.39, 0.29) is 0 Å². The van der Waals surface area contributed by atoms with Crippen LogP contribution in [0.15, 0.2) is 34.6 Å². The van der Waals surface area contributed by atoms with E-state index in [0.717, 1.165) is 49.1 Å². The molecule has 0 radical (unpaired) electrons. The van der Waals surface area contributed by atoms with Crippen molar-refractivity contribution in [2.24, 2.45) is 4.99 Å². The second-order valence-electron chi connectivity index (χ2n) is 6.32. The number of aromatic amines is 1. The van der Waals surface area contributed by atoms with Crippen LogP contribution in [0.2, 0.25) is 0 Å². The number of aliphatic imine (C=N–C) groups is 1. The number of guanidine groups is 1. The lowest BCUT2D eigenvalue weighted by Gasteiger charge is -2.11. The third-order valence-electron chi connectivity index (χ3n) is 4.34. The highest BCUT2D eigenvalue weighted by Crippen LogP contribution is 2.21. The first-order valence-corrected chi connectivity index (χ1v) is 10.0. The zero-order valence-corrected chi connectivity index (χ0v) is 16.5. The predicted octanol–water partition coefficient (Wildman–Crippen LogP) is 3.58. The molecule has 0 unspecified atom stereocenters. The van der Waals surface area contributed by atoms with Gasteiger partial charge in [-0.2, -0.15) is 0 Å². The molecule has 6 heteroatoms. The third kappa shape index (κ3) is 4.64. The van der Waals surface area contributed by atoms with Crippen molar-refractivity contribution in [3.05, 3.63) is 51.6 Å². The maximum absolute atomic E-state index is 4.67. The average Bonchev–Trinajstić information content (AvgIpc) is 3.18. The number of fused-ring (bicyclic) bond motifs is 1. The Balaban J connectivity index is 1.56. The SMILES string of the molecule is CCNC(=NCCc1csc(C)n1)NCCc1c(C)[nH]c2ccccc12. The second kappa shape index (κ2) is 8.85.